The number of nitro benzene ring substituents is 1. The lowest BCUT2D eigenvalue weighted by Gasteiger charge is -2.10. The van der Waals surface area contributed by atoms with Gasteiger partial charge >= 0.3 is 5.69 Å². The fourth-order valence-corrected chi connectivity index (χ4v) is 2.83. The summed E-state index contributed by atoms with van der Waals surface area (Å²) in [6, 6.07) is 12.2. The van der Waals surface area contributed by atoms with Gasteiger partial charge in [-0.25, -0.2) is 0 Å². The number of benzene rings is 2. The Bertz CT molecular complexity index is 1060. The van der Waals surface area contributed by atoms with Crippen molar-refractivity contribution in [3.63, 3.8) is 0 Å². The third-order valence-corrected chi connectivity index (χ3v) is 4.36. The first kappa shape index (κ1) is 20.4. The maximum Gasteiger partial charge on any atom is 0.311 e. The van der Waals surface area contributed by atoms with Gasteiger partial charge in [-0.1, -0.05) is 11.6 Å². The van der Waals surface area contributed by atoms with Crippen molar-refractivity contribution < 1.29 is 24.0 Å². The van der Waals surface area contributed by atoms with E-state index in [-0.39, 0.29) is 35.2 Å². The fourth-order valence-electron chi connectivity index (χ4n) is 2.67. The van der Waals surface area contributed by atoms with Crippen molar-refractivity contribution in [2.24, 2.45) is 0 Å². The van der Waals surface area contributed by atoms with Gasteiger partial charge in [0, 0.05) is 17.2 Å². The number of rotatable bonds is 7. The molecule has 9 heteroatoms. The number of carbonyl (C=O) groups is 1. The summed E-state index contributed by atoms with van der Waals surface area (Å²) in [5.41, 5.74) is 0.739. The van der Waals surface area contributed by atoms with E-state index in [1.54, 1.807) is 37.3 Å². The number of nitro groups is 1. The number of nitrogens with zero attached hydrogens (tertiary/aromatic N) is 1. The smallest absolute Gasteiger partial charge is 0.311 e. The van der Waals surface area contributed by atoms with Crippen LogP contribution in [0.1, 0.15) is 23.0 Å². The molecule has 0 saturated heterocycles. The molecule has 1 heterocycles. The molecule has 0 unspecified atom stereocenters. The monoisotopic (exact) mass is 416 g/mol. The van der Waals surface area contributed by atoms with Gasteiger partial charge in [-0.05, 0) is 49.4 Å². The number of amides is 1. The molecule has 3 aromatic rings. The number of hydrogen-bond acceptors (Lipinski definition) is 6. The second kappa shape index (κ2) is 8.76. The third kappa shape index (κ3) is 4.56. The van der Waals surface area contributed by atoms with E-state index in [2.05, 4.69) is 5.32 Å². The summed E-state index contributed by atoms with van der Waals surface area (Å²) in [6.07, 6.45) is 0. The molecule has 2 aromatic carbocycles. The molecule has 0 saturated carbocycles. The van der Waals surface area contributed by atoms with Gasteiger partial charge in [0.2, 0.25) is 0 Å². The molecular formula is C20H17ClN2O6. The Hall–Kier alpha value is -3.36. The first-order valence-corrected chi connectivity index (χ1v) is 9.02. The van der Waals surface area contributed by atoms with Crippen LogP contribution >= 0.6 is 11.6 Å². The van der Waals surface area contributed by atoms with Crippen LogP contribution in [0.3, 0.4) is 0 Å². The molecule has 0 radical (unpaired) electrons. The van der Waals surface area contributed by atoms with E-state index in [1.165, 1.54) is 12.1 Å². The van der Waals surface area contributed by atoms with Crippen LogP contribution in [0.2, 0.25) is 5.02 Å². The Morgan fingerprint density at radius 3 is 2.69 bits per heavy atom. The van der Waals surface area contributed by atoms with Gasteiger partial charge < -0.3 is 19.6 Å². The third-order valence-electron chi connectivity index (χ3n) is 4.03. The van der Waals surface area contributed by atoms with Crippen molar-refractivity contribution in [3.05, 3.63) is 75.0 Å². The summed E-state index contributed by atoms with van der Waals surface area (Å²) >= 11 is 6.18. The number of furan rings is 1. The minimum absolute atomic E-state index is 0.0854. The van der Waals surface area contributed by atoms with E-state index in [4.69, 9.17) is 25.9 Å². The molecule has 0 atom stereocenters. The van der Waals surface area contributed by atoms with Gasteiger partial charge in [-0.3, -0.25) is 14.9 Å². The van der Waals surface area contributed by atoms with Crippen LogP contribution in [-0.2, 0) is 6.61 Å². The molecule has 150 valence electrons. The van der Waals surface area contributed by atoms with Crippen molar-refractivity contribution in [1.82, 2.24) is 0 Å². The summed E-state index contributed by atoms with van der Waals surface area (Å²) in [6.45, 7) is 1.75. The molecule has 0 fully saturated rings. The highest BCUT2D eigenvalue weighted by Gasteiger charge is 2.19. The number of ether oxygens (including phenoxy) is 1. The van der Waals surface area contributed by atoms with E-state index < -0.39 is 10.8 Å². The number of halogens is 1. The summed E-state index contributed by atoms with van der Waals surface area (Å²) in [5.74, 6) is 0.428. The van der Waals surface area contributed by atoms with Gasteiger partial charge in [-0.15, -0.1) is 0 Å². The molecule has 8 nitrogen and oxygen atoms in total. The minimum Gasteiger partial charge on any atom is -0.487 e. The Morgan fingerprint density at radius 1 is 1.24 bits per heavy atom. The highest BCUT2D eigenvalue weighted by atomic mass is 35.5. The lowest BCUT2D eigenvalue weighted by Crippen LogP contribution is -2.13. The van der Waals surface area contributed by atoms with E-state index in [1.807, 2.05) is 0 Å². The molecule has 0 spiro atoms. The SMILES string of the molecule is CCOc1ccc(C(=O)Nc2cc(-c3ccc(CO)o3)ccc2Cl)cc1[N+](=O)[O-]. The Kier molecular flexibility index (Phi) is 6.16. The lowest BCUT2D eigenvalue weighted by molar-refractivity contribution is -0.385. The Balaban J connectivity index is 1.88. The highest BCUT2D eigenvalue weighted by molar-refractivity contribution is 6.34. The molecule has 0 aliphatic carbocycles. The predicted octanol–water partition coefficient (Wildman–Crippen LogP) is 4.65. The number of aliphatic hydroxyl groups excluding tert-OH is 1. The molecule has 1 amide bonds. The molecule has 0 aliphatic heterocycles. The number of aliphatic hydroxyl groups is 1. The average Bonchev–Trinajstić information content (AvgIpc) is 3.19. The van der Waals surface area contributed by atoms with E-state index in [0.717, 1.165) is 6.07 Å². The largest absolute Gasteiger partial charge is 0.487 e. The molecule has 0 aliphatic rings. The van der Waals surface area contributed by atoms with Crippen LogP contribution in [0.4, 0.5) is 11.4 Å². The van der Waals surface area contributed by atoms with Crippen LogP contribution in [0.25, 0.3) is 11.3 Å². The lowest BCUT2D eigenvalue weighted by atomic mass is 10.1. The van der Waals surface area contributed by atoms with Crippen molar-refractivity contribution in [3.8, 4) is 17.1 Å². The zero-order valence-electron chi connectivity index (χ0n) is 15.3. The van der Waals surface area contributed by atoms with Gasteiger partial charge in [0.1, 0.15) is 18.1 Å². The van der Waals surface area contributed by atoms with Crippen LogP contribution < -0.4 is 10.1 Å². The number of nitrogens with one attached hydrogen (secondary N) is 1. The second-order valence-electron chi connectivity index (χ2n) is 5.95. The molecule has 2 N–H and O–H groups in total. The van der Waals surface area contributed by atoms with E-state index in [0.29, 0.717) is 22.8 Å². The minimum atomic E-state index is -0.606. The topological polar surface area (TPSA) is 115 Å². The summed E-state index contributed by atoms with van der Waals surface area (Å²) < 4.78 is 10.7. The van der Waals surface area contributed by atoms with Gasteiger partial charge in [0.05, 0.1) is 22.2 Å². The van der Waals surface area contributed by atoms with Gasteiger partial charge in [0.15, 0.2) is 5.75 Å². The van der Waals surface area contributed by atoms with Crippen molar-refractivity contribution in [1.29, 1.82) is 0 Å². The van der Waals surface area contributed by atoms with Gasteiger partial charge in [-0.2, -0.15) is 0 Å². The first-order chi connectivity index (χ1) is 13.9. The van der Waals surface area contributed by atoms with Crippen molar-refractivity contribution in [2.75, 3.05) is 11.9 Å². The molecule has 1 aromatic heterocycles. The average molecular weight is 417 g/mol. The summed E-state index contributed by atoms with van der Waals surface area (Å²) in [5, 5.41) is 23.3. The molecule has 29 heavy (non-hydrogen) atoms. The zero-order valence-corrected chi connectivity index (χ0v) is 16.1. The highest BCUT2D eigenvalue weighted by Crippen LogP contribution is 2.32. The summed E-state index contributed by atoms with van der Waals surface area (Å²) in [7, 11) is 0. The first-order valence-electron chi connectivity index (χ1n) is 8.65. The number of anilines is 1. The van der Waals surface area contributed by atoms with Crippen molar-refractivity contribution in [2.45, 2.75) is 13.5 Å². The second-order valence-corrected chi connectivity index (χ2v) is 6.35. The number of carbonyl (C=O) groups excluding carboxylic acids is 1. The molecule has 0 bridgehead atoms. The normalized spacial score (nSPS) is 10.6. The maximum atomic E-state index is 12.6. The summed E-state index contributed by atoms with van der Waals surface area (Å²) in [4.78, 5) is 23.3. The number of hydrogen-bond donors (Lipinski definition) is 2. The molecule has 3 rings (SSSR count). The molecular weight excluding hydrogens is 400 g/mol. The fraction of sp³-hybridized carbons (Fsp3) is 0.150. The zero-order chi connectivity index (χ0) is 21.0. The Morgan fingerprint density at radius 2 is 2.03 bits per heavy atom. The van der Waals surface area contributed by atoms with Crippen molar-refractivity contribution >= 4 is 28.9 Å². The maximum absolute atomic E-state index is 12.6. The Labute approximate surface area is 170 Å². The van der Waals surface area contributed by atoms with Crippen LogP contribution in [0, 0.1) is 10.1 Å². The van der Waals surface area contributed by atoms with Crippen LogP contribution in [0.5, 0.6) is 5.75 Å². The predicted molar refractivity (Wildman–Crippen MR) is 107 cm³/mol. The quantitative estimate of drug-likeness (QED) is 0.428. The van der Waals surface area contributed by atoms with Crippen LogP contribution in [0.15, 0.2) is 52.9 Å². The van der Waals surface area contributed by atoms with E-state index >= 15 is 0 Å². The van der Waals surface area contributed by atoms with Crippen LogP contribution in [-0.4, -0.2) is 22.5 Å². The standard InChI is InChI=1S/C20H17ClN2O6/c1-2-28-19-7-4-13(10-17(19)23(26)27)20(25)22-16-9-12(3-6-15(16)21)18-8-5-14(11-24)29-18/h3-10,24H,2,11H2,1H3,(H,22,25). The van der Waals surface area contributed by atoms with Gasteiger partial charge in [0.25, 0.3) is 5.91 Å². The van der Waals surface area contributed by atoms with E-state index in [9.17, 15) is 14.9 Å².